The summed E-state index contributed by atoms with van der Waals surface area (Å²) in [4.78, 5) is 43.2. The lowest BCUT2D eigenvalue weighted by Gasteiger charge is -2.36. The monoisotopic (exact) mass is 426 g/mol. The van der Waals surface area contributed by atoms with Crippen molar-refractivity contribution in [3.63, 3.8) is 0 Å². The molecule has 1 aromatic heterocycles. The second-order valence-electron chi connectivity index (χ2n) is 7.96. The van der Waals surface area contributed by atoms with E-state index in [1.54, 1.807) is 4.57 Å². The topological polar surface area (TPSA) is 83.9 Å². The van der Waals surface area contributed by atoms with Gasteiger partial charge in [0.15, 0.2) is 11.4 Å². The van der Waals surface area contributed by atoms with Gasteiger partial charge in [0.1, 0.15) is 11.7 Å². The van der Waals surface area contributed by atoms with Crippen LogP contribution in [0.25, 0.3) is 0 Å². The Bertz CT molecular complexity index is 1070. The highest BCUT2D eigenvalue weighted by atomic mass is 31.0. The van der Waals surface area contributed by atoms with Gasteiger partial charge in [-0.05, 0) is 18.4 Å². The molecule has 3 aliphatic rings. The first kappa shape index (κ1) is 19.3. The Labute approximate surface area is 176 Å². The van der Waals surface area contributed by atoms with Gasteiger partial charge in [0, 0.05) is 31.9 Å². The smallest absolute Gasteiger partial charge is 0.275 e. The van der Waals surface area contributed by atoms with E-state index >= 15 is 0 Å². The number of rotatable bonds is 4. The average molecular weight is 426 g/mol. The van der Waals surface area contributed by atoms with E-state index in [1.807, 2.05) is 44.7 Å². The first-order valence-corrected chi connectivity index (χ1v) is 10.6. The quantitative estimate of drug-likeness (QED) is 0.743. The van der Waals surface area contributed by atoms with Crippen molar-refractivity contribution < 1.29 is 14.1 Å². The zero-order chi connectivity index (χ0) is 20.8. The highest BCUT2D eigenvalue weighted by Crippen LogP contribution is 2.35. The van der Waals surface area contributed by atoms with Gasteiger partial charge in [-0.2, -0.15) is 0 Å². The van der Waals surface area contributed by atoms with E-state index in [9.17, 15) is 14.4 Å². The summed E-state index contributed by atoms with van der Waals surface area (Å²) in [6, 6.07) is 9.85. The number of hydrogen-bond donors (Lipinski definition) is 1. The number of carbonyl (C=O) groups excluding carboxylic acids is 2. The van der Waals surface area contributed by atoms with Crippen LogP contribution < -0.4 is 15.3 Å². The zero-order valence-corrected chi connectivity index (χ0v) is 17.6. The molecular formula is C21H23N4O4P. The summed E-state index contributed by atoms with van der Waals surface area (Å²) in [5.41, 5.74) is 0.549. The third-order valence-electron chi connectivity index (χ3n) is 6.29. The zero-order valence-electron chi connectivity index (χ0n) is 16.4. The van der Waals surface area contributed by atoms with E-state index < -0.39 is 11.3 Å². The molecule has 0 saturated carbocycles. The van der Waals surface area contributed by atoms with Gasteiger partial charge in [-0.25, -0.2) is 0 Å². The van der Waals surface area contributed by atoms with Crippen LogP contribution in [-0.2, 0) is 13.1 Å². The molecule has 5 rings (SSSR count). The molecule has 2 saturated heterocycles. The molecule has 0 radical (unpaired) electrons. The van der Waals surface area contributed by atoms with Gasteiger partial charge < -0.3 is 19.3 Å². The van der Waals surface area contributed by atoms with Gasteiger partial charge in [-0.15, -0.1) is 0 Å². The van der Waals surface area contributed by atoms with Crippen LogP contribution in [0.3, 0.4) is 0 Å². The maximum atomic E-state index is 13.2. The highest BCUT2D eigenvalue weighted by molar-refractivity contribution is 7.10. The maximum absolute atomic E-state index is 13.2. The minimum absolute atomic E-state index is 0.0237. The van der Waals surface area contributed by atoms with Crippen LogP contribution in [0.2, 0.25) is 0 Å². The molecule has 3 atom stereocenters. The largest absolute Gasteiger partial charge is 0.474 e. The number of benzene rings is 1. The Kier molecular flexibility index (Phi) is 4.83. The number of nitrogens with one attached hydrogen (secondary N) is 1. The summed E-state index contributed by atoms with van der Waals surface area (Å²) in [6.07, 6.45) is 3.67. The van der Waals surface area contributed by atoms with E-state index in [0.29, 0.717) is 25.7 Å². The molecule has 9 heteroatoms. The van der Waals surface area contributed by atoms with Crippen LogP contribution in [0.1, 0.15) is 39.3 Å². The van der Waals surface area contributed by atoms with Crippen LogP contribution in [0.4, 0.5) is 0 Å². The van der Waals surface area contributed by atoms with Gasteiger partial charge in [-0.1, -0.05) is 30.3 Å². The molecule has 2 aromatic rings. The number of hydrogen-bond acceptors (Lipinski definition) is 5. The van der Waals surface area contributed by atoms with Gasteiger partial charge in [0.25, 0.3) is 11.8 Å². The van der Waals surface area contributed by atoms with Crippen LogP contribution in [0.5, 0.6) is 5.75 Å². The molecule has 8 nitrogen and oxygen atoms in total. The second-order valence-corrected chi connectivity index (χ2v) is 8.20. The SMILES string of the molecule is O=C(NCc1ccccc1)c1cn2c(c(OP)c1=O)C(=O)N1C[C@H]3CCCN3[C@@H]1C2. The molecule has 4 heterocycles. The van der Waals surface area contributed by atoms with Gasteiger partial charge >= 0.3 is 0 Å². The Morgan fingerprint density at radius 2 is 2.00 bits per heavy atom. The summed E-state index contributed by atoms with van der Waals surface area (Å²) in [6.45, 7) is 2.46. The Morgan fingerprint density at radius 1 is 1.20 bits per heavy atom. The molecule has 30 heavy (non-hydrogen) atoms. The van der Waals surface area contributed by atoms with Crippen LogP contribution >= 0.6 is 9.47 Å². The Hall–Kier alpha value is -2.70. The van der Waals surface area contributed by atoms with E-state index in [0.717, 1.165) is 24.9 Å². The normalized spacial score (nSPS) is 22.4. The summed E-state index contributed by atoms with van der Waals surface area (Å²) < 4.78 is 6.96. The minimum Gasteiger partial charge on any atom is -0.474 e. The summed E-state index contributed by atoms with van der Waals surface area (Å²) in [7, 11) is 2.03. The third-order valence-corrected chi connectivity index (χ3v) is 6.53. The minimum atomic E-state index is -0.576. The molecule has 1 unspecified atom stereocenters. The maximum Gasteiger partial charge on any atom is 0.275 e. The molecule has 156 valence electrons. The first-order chi connectivity index (χ1) is 14.6. The molecule has 1 N–H and O–H groups in total. The highest BCUT2D eigenvalue weighted by Gasteiger charge is 2.48. The molecule has 0 spiro atoms. The van der Waals surface area contributed by atoms with Gasteiger partial charge in [0.2, 0.25) is 5.43 Å². The van der Waals surface area contributed by atoms with Crippen molar-refractivity contribution in [1.82, 2.24) is 19.7 Å². The fourth-order valence-electron chi connectivity index (χ4n) is 4.86. The van der Waals surface area contributed by atoms with Crippen molar-refractivity contribution in [2.45, 2.75) is 38.1 Å². The molecular weight excluding hydrogens is 403 g/mol. The number of carbonyl (C=O) groups is 2. The van der Waals surface area contributed by atoms with Crippen molar-refractivity contribution in [3.05, 3.63) is 63.6 Å². The number of amides is 2. The molecule has 1 aromatic carbocycles. The van der Waals surface area contributed by atoms with Crippen LogP contribution in [-0.4, -0.2) is 51.5 Å². The van der Waals surface area contributed by atoms with Gasteiger partial charge in [-0.3, -0.25) is 19.3 Å². The molecule has 0 bridgehead atoms. The van der Waals surface area contributed by atoms with E-state index in [4.69, 9.17) is 4.52 Å². The van der Waals surface area contributed by atoms with Crippen LogP contribution in [0, 0.1) is 0 Å². The van der Waals surface area contributed by atoms with E-state index in [1.165, 1.54) is 6.20 Å². The summed E-state index contributed by atoms with van der Waals surface area (Å²) in [5, 5.41) is 2.79. The molecule has 2 fully saturated rings. The summed E-state index contributed by atoms with van der Waals surface area (Å²) >= 11 is 0. The summed E-state index contributed by atoms with van der Waals surface area (Å²) in [5.74, 6) is -0.794. The number of pyridine rings is 1. The first-order valence-electron chi connectivity index (χ1n) is 10.1. The predicted molar refractivity (Wildman–Crippen MR) is 113 cm³/mol. The van der Waals surface area contributed by atoms with Crippen LogP contribution in [0.15, 0.2) is 41.3 Å². The lowest BCUT2D eigenvalue weighted by Crippen LogP contribution is -2.50. The fraction of sp³-hybridized carbons (Fsp3) is 0.381. The number of fused-ring (bicyclic) bond motifs is 4. The van der Waals surface area contributed by atoms with Crippen molar-refractivity contribution in [2.24, 2.45) is 0 Å². The van der Waals surface area contributed by atoms with Crippen molar-refractivity contribution in [2.75, 3.05) is 13.1 Å². The molecule has 2 amide bonds. The third kappa shape index (κ3) is 3.02. The molecule has 0 aliphatic carbocycles. The van der Waals surface area contributed by atoms with Crippen molar-refractivity contribution in [3.8, 4) is 5.75 Å². The van der Waals surface area contributed by atoms with E-state index in [-0.39, 0.29) is 29.1 Å². The number of nitrogens with zero attached hydrogens (tertiary/aromatic N) is 3. The Balaban J connectivity index is 1.48. The average Bonchev–Trinajstić information content (AvgIpc) is 3.35. The second kappa shape index (κ2) is 7.52. The molecule has 3 aliphatic heterocycles. The van der Waals surface area contributed by atoms with E-state index in [2.05, 4.69) is 10.2 Å². The van der Waals surface area contributed by atoms with Crippen molar-refractivity contribution >= 4 is 21.3 Å². The lowest BCUT2D eigenvalue weighted by molar-refractivity contribution is 0.0516. The lowest BCUT2D eigenvalue weighted by atomic mass is 10.1. The Morgan fingerprint density at radius 3 is 2.77 bits per heavy atom. The standard InChI is InChI=1S/C21H23N4O4P/c26-18-15(20(27)22-9-13-5-2-1-3-6-13)11-23-12-16-24-8-4-7-14(24)10-25(16)21(28)17(23)19(18)29-30/h1-3,5-6,11,14,16H,4,7-10,12,30H2,(H,22,27)/t14-,16+/m1/s1. The fourth-order valence-corrected chi connectivity index (χ4v) is 5.07. The van der Waals surface area contributed by atoms with Gasteiger partial charge in [0.05, 0.1) is 16.0 Å². The number of aromatic nitrogens is 1. The predicted octanol–water partition coefficient (Wildman–Crippen LogP) is 1.21. The van der Waals surface area contributed by atoms with Crippen molar-refractivity contribution in [1.29, 1.82) is 0 Å².